The van der Waals surface area contributed by atoms with Crippen molar-refractivity contribution in [2.45, 2.75) is 5.72 Å². The molecular weight excluding hydrogens is 240 g/mol. The van der Waals surface area contributed by atoms with Crippen molar-refractivity contribution in [2.24, 2.45) is 4.99 Å². The monoisotopic (exact) mass is 252 g/mol. The number of nitrogens with zero attached hydrogens (tertiary/aromatic N) is 3. The molecule has 0 radical (unpaired) electrons. The minimum absolute atomic E-state index is 0.384. The Bertz CT molecular complexity index is 639. The molecular formula is C14H12N4O. The van der Waals surface area contributed by atoms with Crippen LogP contribution in [-0.4, -0.2) is 26.7 Å². The SMILES string of the molecule is OC1(c2n[nH]nc2-c2ccccc2)C=CC=CC=N1. The van der Waals surface area contributed by atoms with E-state index < -0.39 is 5.72 Å². The number of hydrogen-bond acceptors (Lipinski definition) is 4. The first-order chi connectivity index (χ1) is 9.30. The van der Waals surface area contributed by atoms with E-state index >= 15 is 0 Å². The van der Waals surface area contributed by atoms with Gasteiger partial charge in [0.05, 0.1) is 0 Å². The molecule has 1 atom stereocenters. The van der Waals surface area contributed by atoms with E-state index in [9.17, 15) is 5.11 Å². The van der Waals surface area contributed by atoms with Crippen LogP contribution in [-0.2, 0) is 5.72 Å². The van der Waals surface area contributed by atoms with Gasteiger partial charge in [-0.25, -0.2) is 4.99 Å². The van der Waals surface area contributed by atoms with Crippen molar-refractivity contribution in [1.82, 2.24) is 15.4 Å². The van der Waals surface area contributed by atoms with E-state index in [4.69, 9.17) is 0 Å². The number of aliphatic imine (C=N–C) groups is 1. The first kappa shape index (κ1) is 11.6. The molecule has 5 nitrogen and oxygen atoms in total. The second kappa shape index (κ2) is 4.62. The molecule has 1 aliphatic heterocycles. The van der Waals surface area contributed by atoms with Crippen molar-refractivity contribution in [2.75, 3.05) is 0 Å². The highest BCUT2D eigenvalue weighted by Crippen LogP contribution is 2.31. The Morgan fingerprint density at radius 2 is 1.84 bits per heavy atom. The number of benzene rings is 1. The molecule has 5 heteroatoms. The standard InChI is InChI=1S/C14H12N4O/c19-14(9-5-2-6-10-15-14)13-12(16-18-17-13)11-7-3-1-4-8-11/h1-10,19H,(H,16,17,18). The fraction of sp³-hybridized carbons (Fsp3) is 0.0714. The van der Waals surface area contributed by atoms with E-state index in [1.54, 1.807) is 30.5 Å². The number of nitrogens with one attached hydrogen (secondary N) is 1. The Morgan fingerprint density at radius 3 is 2.68 bits per heavy atom. The average molecular weight is 252 g/mol. The molecule has 2 heterocycles. The number of H-pyrrole nitrogens is 1. The van der Waals surface area contributed by atoms with Crippen molar-refractivity contribution in [3.05, 3.63) is 60.3 Å². The van der Waals surface area contributed by atoms with Crippen LogP contribution in [0.1, 0.15) is 5.69 Å². The van der Waals surface area contributed by atoms with E-state index in [1.807, 2.05) is 30.3 Å². The predicted molar refractivity (Wildman–Crippen MR) is 72.5 cm³/mol. The minimum atomic E-state index is -1.50. The molecule has 0 bridgehead atoms. The van der Waals surface area contributed by atoms with Crippen molar-refractivity contribution in [3.63, 3.8) is 0 Å². The van der Waals surface area contributed by atoms with Gasteiger partial charge < -0.3 is 5.11 Å². The molecule has 1 aromatic heterocycles. The first-order valence-electron chi connectivity index (χ1n) is 5.88. The maximum Gasteiger partial charge on any atom is 0.223 e. The summed E-state index contributed by atoms with van der Waals surface area (Å²) in [6, 6.07) is 9.56. The lowest BCUT2D eigenvalue weighted by Gasteiger charge is -2.17. The zero-order chi connectivity index (χ0) is 13.1. The molecule has 0 aliphatic carbocycles. The van der Waals surface area contributed by atoms with Crippen LogP contribution in [0.2, 0.25) is 0 Å². The minimum Gasteiger partial charge on any atom is -0.361 e. The molecule has 0 amide bonds. The molecule has 1 aromatic carbocycles. The zero-order valence-corrected chi connectivity index (χ0v) is 10.1. The summed E-state index contributed by atoms with van der Waals surface area (Å²) >= 11 is 0. The Morgan fingerprint density at radius 1 is 1.00 bits per heavy atom. The summed E-state index contributed by atoms with van der Waals surface area (Å²) < 4.78 is 0. The summed E-state index contributed by atoms with van der Waals surface area (Å²) in [5.41, 5.74) is 0.351. The lowest BCUT2D eigenvalue weighted by Crippen LogP contribution is -2.21. The highest BCUT2D eigenvalue weighted by atomic mass is 16.3. The van der Waals surface area contributed by atoms with Gasteiger partial charge in [-0.3, -0.25) is 0 Å². The van der Waals surface area contributed by atoms with Crippen LogP contribution in [0.25, 0.3) is 11.3 Å². The van der Waals surface area contributed by atoms with Crippen molar-refractivity contribution >= 4 is 6.21 Å². The second-order valence-corrected chi connectivity index (χ2v) is 4.14. The number of allylic oxidation sites excluding steroid dienone is 3. The molecule has 0 fully saturated rings. The Kier molecular flexibility index (Phi) is 2.81. The van der Waals surface area contributed by atoms with Crippen LogP contribution >= 0.6 is 0 Å². The lowest BCUT2D eigenvalue weighted by atomic mass is 10.0. The Labute approximate surface area is 110 Å². The number of aromatic nitrogens is 3. The van der Waals surface area contributed by atoms with E-state index in [2.05, 4.69) is 20.4 Å². The molecule has 19 heavy (non-hydrogen) atoms. The number of hydrogen-bond donors (Lipinski definition) is 2. The molecule has 2 N–H and O–H groups in total. The van der Waals surface area contributed by atoms with E-state index in [1.165, 1.54) is 0 Å². The van der Waals surface area contributed by atoms with Gasteiger partial charge in [-0.1, -0.05) is 42.5 Å². The Balaban J connectivity index is 2.10. The number of rotatable bonds is 2. The quantitative estimate of drug-likeness (QED) is 0.856. The molecule has 1 aliphatic rings. The third kappa shape index (κ3) is 2.11. The van der Waals surface area contributed by atoms with Gasteiger partial charge in [0.1, 0.15) is 11.4 Å². The topological polar surface area (TPSA) is 74.2 Å². The molecule has 3 rings (SSSR count). The van der Waals surface area contributed by atoms with Gasteiger partial charge in [-0.15, -0.1) is 0 Å². The normalized spacial score (nSPS) is 21.5. The maximum atomic E-state index is 10.6. The molecule has 2 aromatic rings. The van der Waals surface area contributed by atoms with Gasteiger partial charge >= 0.3 is 0 Å². The molecule has 0 saturated carbocycles. The highest BCUT2D eigenvalue weighted by molar-refractivity contribution is 5.73. The summed E-state index contributed by atoms with van der Waals surface area (Å²) in [4.78, 5) is 4.12. The van der Waals surface area contributed by atoms with Crippen LogP contribution in [0.3, 0.4) is 0 Å². The average Bonchev–Trinajstić information content (AvgIpc) is 2.84. The fourth-order valence-corrected chi connectivity index (χ4v) is 1.93. The highest BCUT2D eigenvalue weighted by Gasteiger charge is 2.32. The van der Waals surface area contributed by atoms with Gasteiger partial charge in [0, 0.05) is 11.8 Å². The Hall–Kier alpha value is -2.53. The largest absolute Gasteiger partial charge is 0.361 e. The third-order valence-corrected chi connectivity index (χ3v) is 2.85. The van der Waals surface area contributed by atoms with E-state index in [0.29, 0.717) is 11.4 Å². The van der Waals surface area contributed by atoms with E-state index in [-0.39, 0.29) is 0 Å². The number of aliphatic hydroxyl groups is 1. The van der Waals surface area contributed by atoms with Crippen molar-refractivity contribution < 1.29 is 5.11 Å². The fourth-order valence-electron chi connectivity index (χ4n) is 1.93. The smallest absolute Gasteiger partial charge is 0.223 e. The summed E-state index contributed by atoms with van der Waals surface area (Å²) in [5.74, 6) is 0. The van der Waals surface area contributed by atoms with Crippen LogP contribution in [0, 0.1) is 0 Å². The summed E-state index contributed by atoms with van der Waals surface area (Å²) in [7, 11) is 0. The summed E-state index contributed by atoms with van der Waals surface area (Å²) in [6.07, 6.45) is 8.40. The van der Waals surface area contributed by atoms with Crippen LogP contribution in [0.4, 0.5) is 0 Å². The predicted octanol–water partition coefficient (Wildman–Crippen LogP) is 1.81. The molecule has 94 valence electrons. The maximum absolute atomic E-state index is 10.6. The van der Waals surface area contributed by atoms with Gasteiger partial charge in [0.2, 0.25) is 5.72 Å². The van der Waals surface area contributed by atoms with Gasteiger partial charge in [-0.05, 0) is 12.2 Å². The molecule has 0 spiro atoms. The number of aromatic amines is 1. The van der Waals surface area contributed by atoms with E-state index in [0.717, 1.165) is 5.56 Å². The van der Waals surface area contributed by atoms with Crippen LogP contribution in [0.15, 0.2) is 59.6 Å². The van der Waals surface area contributed by atoms with Gasteiger partial charge in [-0.2, -0.15) is 15.4 Å². The zero-order valence-electron chi connectivity index (χ0n) is 10.1. The summed E-state index contributed by atoms with van der Waals surface area (Å²) in [5, 5.41) is 21.3. The first-order valence-corrected chi connectivity index (χ1v) is 5.88. The lowest BCUT2D eigenvalue weighted by molar-refractivity contribution is 0.0966. The van der Waals surface area contributed by atoms with Crippen LogP contribution < -0.4 is 0 Å². The van der Waals surface area contributed by atoms with Crippen LogP contribution in [0.5, 0.6) is 0 Å². The third-order valence-electron chi connectivity index (χ3n) is 2.85. The molecule has 1 unspecified atom stereocenters. The van der Waals surface area contributed by atoms with Gasteiger partial charge in [0.15, 0.2) is 0 Å². The second-order valence-electron chi connectivity index (χ2n) is 4.14. The molecule has 0 saturated heterocycles. The summed E-state index contributed by atoms with van der Waals surface area (Å²) in [6.45, 7) is 0. The van der Waals surface area contributed by atoms with Gasteiger partial charge in [0.25, 0.3) is 0 Å². The van der Waals surface area contributed by atoms with Crippen molar-refractivity contribution in [3.8, 4) is 11.3 Å². The van der Waals surface area contributed by atoms with Crippen molar-refractivity contribution in [1.29, 1.82) is 0 Å².